The van der Waals surface area contributed by atoms with Crippen molar-refractivity contribution >= 4 is 11.6 Å². The van der Waals surface area contributed by atoms with Crippen LogP contribution in [-0.2, 0) is 24.0 Å². The highest BCUT2D eigenvalue weighted by Crippen LogP contribution is 2.34. The number of nitrogens with zero attached hydrogens (tertiary/aromatic N) is 4. The van der Waals surface area contributed by atoms with E-state index in [9.17, 15) is 18.0 Å². The highest BCUT2D eigenvalue weighted by Gasteiger charge is 2.32. The summed E-state index contributed by atoms with van der Waals surface area (Å²) in [5.74, 6) is 0.368. The van der Waals surface area contributed by atoms with Crippen molar-refractivity contribution in [2.45, 2.75) is 39.5 Å². The standard InChI is InChI=1S/C20H25F3N4O2/c1-4-17-14(2)24-19-26(16-8-5-7-15(11-16)20(21,22)23)12-25(9-6-10-29-3)13-27(19)18(17)28/h5,7-8,11H,4,6,9-10,12-13H2,1-3H3. The number of rotatable bonds is 6. The largest absolute Gasteiger partial charge is 0.416 e. The maximum atomic E-state index is 13.2. The molecule has 3 rings (SSSR count). The maximum absolute atomic E-state index is 13.2. The van der Waals surface area contributed by atoms with Gasteiger partial charge < -0.3 is 4.74 Å². The third-order valence-electron chi connectivity index (χ3n) is 5.03. The zero-order valence-electron chi connectivity index (χ0n) is 16.8. The van der Waals surface area contributed by atoms with E-state index in [-0.39, 0.29) is 5.56 Å². The molecule has 0 atom stereocenters. The van der Waals surface area contributed by atoms with E-state index in [0.29, 0.717) is 55.8 Å². The van der Waals surface area contributed by atoms with E-state index < -0.39 is 11.7 Å². The second-order valence-electron chi connectivity index (χ2n) is 7.06. The Morgan fingerprint density at radius 2 is 2.00 bits per heavy atom. The van der Waals surface area contributed by atoms with Crippen LogP contribution < -0.4 is 10.5 Å². The Morgan fingerprint density at radius 1 is 1.24 bits per heavy atom. The van der Waals surface area contributed by atoms with Gasteiger partial charge in [0, 0.05) is 37.2 Å². The lowest BCUT2D eigenvalue weighted by molar-refractivity contribution is -0.137. The topological polar surface area (TPSA) is 50.6 Å². The molecule has 2 heterocycles. The van der Waals surface area contributed by atoms with Gasteiger partial charge in [-0.3, -0.25) is 19.2 Å². The van der Waals surface area contributed by atoms with Gasteiger partial charge in [-0.05, 0) is 38.0 Å². The van der Waals surface area contributed by atoms with Crippen LogP contribution in [0.5, 0.6) is 0 Å². The summed E-state index contributed by atoms with van der Waals surface area (Å²) in [4.78, 5) is 21.3. The third kappa shape index (κ3) is 4.45. The van der Waals surface area contributed by atoms with Gasteiger partial charge in [0.05, 0.1) is 18.9 Å². The van der Waals surface area contributed by atoms with Crippen LogP contribution in [0.3, 0.4) is 0 Å². The van der Waals surface area contributed by atoms with Gasteiger partial charge in [0.15, 0.2) is 0 Å². The number of hydrogen-bond donors (Lipinski definition) is 0. The minimum atomic E-state index is -4.45. The number of alkyl halides is 3. The van der Waals surface area contributed by atoms with Crippen LogP contribution >= 0.6 is 0 Å². The zero-order valence-corrected chi connectivity index (χ0v) is 16.8. The molecule has 0 aliphatic carbocycles. The molecule has 9 heteroatoms. The molecule has 0 radical (unpaired) electrons. The first-order valence-electron chi connectivity index (χ1n) is 9.52. The second-order valence-corrected chi connectivity index (χ2v) is 7.06. The smallest absolute Gasteiger partial charge is 0.385 e. The molecule has 1 aromatic carbocycles. The van der Waals surface area contributed by atoms with Crippen molar-refractivity contribution in [3.05, 3.63) is 51.4 Å². The summed E-state index contributed by atoms with van der Waals surface area (Å²) in [6.07, 6.45) is -3.15. The van der Waals surface area contributed by atoms with Gasteiger partial charge >= 0.3 is 6.18 Å². The van der Waals surface area contributed by atoms with Crippen LogP contribution in [0, 0.1) is 6.92 Å². The van der Waals surface area contributed by atoms with E-state index in [0.717, 1.165) is 18.6 Å². The number of aryl methyl sites for hydroxylation is 1. The third-order valence-corrected chi connectivity index (χ3v) is 5.03. The summed E-state index contributed by atoms with van der Waals surface area (Å²) in [5.41, 5.74) is 0.691. The van der Waals surface area contributed by atoms with Gasteiger partial charge in [-0.25, -0.2) is 4.98 Å². The predicted octanol–water partition coefficient (Wildman–Crippen LogP) is 3.54. The van der Waals surface area contributed by atoms with Gasteiger partial charge in [-0.15, -0.1) is 0 Å². The first-order chi connectivity index (χ1) is 13.8. The molecule has 0 saturated carbocycles. The van der Waals surface area contributed by atoms with Gasteiger partial charge in [0.2, 0.25) is 5.95 Å². The minimum Gasteiger partial charge on any atom is -0.385 e. The Bertz CT molecular complexity index is 927. The Kier molecular flexibility index (Phi) is 6.28. The molecule has 0 fully saturated rings. The second kappa shape index (κ2) is 8.54. The number of ether oxygens (including phenoxy) is 1. The predicted molar refractivity (Wildman–Crippen MR) is 104 cm³/mol. The summed E-state index contributed by atoms with van der Waals surface area (Å²) in [7, 11) is 1.62. The molecule has 0 amide bonds. The van der Waals surface area contributed by atoms with Crippen LogP contribution in [0.15, 0.2) is 29.1 Å². The molecule has 0 N–H and O–H groups in total. The summed E-state index contributed by atoms with van der Waals surface area (Å²) < 4.78 is 46.3. The van der Waals surface area contributed by atoms with Crippen LogP contribution in [0.2, 0.25) is 0 Å². The van der Waals surface area contributed by atoms with Crippen LogP contribution in [0.1, 0.15) is 30.2 Å². The normalized spacial score (nSPS) is 14.9. The molecule has 1 aromatic heterocycles. The lowest BCUT2D eigenvalue weighted by Gasteiger charge is -2.38. The molecule has 0 saturated heterocycles. The SMILES string of the molecule is CCc1c(C)nc2n(c1=O)CN(CCCOC)CN2c1cccc(C(F)(F)F)c1. The molecule has 158 valence electrons. The van der Waals surface area contributed by atoms with E-state index in [1.54, 1.807) is 29.6 Å². The molecule has 1 aliphatic heterocycles. The fourth-order valence-corrected chi connectivity index (χ4v) is 3.56. The van der Waals surface area contributed by atoms with Gasteiger partial charge in [-0.1, -0.05) is 13.0 Å². The highest BCUT2D eigenvalue weighted by atomic mass is 19.4. The monoisotopic (exact) mass is 410 g/mol. The maximum Gasteiger partial charge on any atom is 0.416 e. The number of benzene rings is 1. The Hall–Kier alpha value is -2.39. The molecular formula is C20H25F3N4O2. The molecule has 1 aliphatic rings. The van der Waals surface area contributed by atoms with E-state index in [2.05, 4.69) is 4.98 Å². The van der Waals surface area contributed by atoms with Crippen LogP contribution in [0.25, 0.3) is 0 Å². The Labute approximate surface area is 167 Å². The average Bonchev–Trinajstić information content (AvgIpc) is 2.68. The van der Waals surface area contributed by atoms with Crippen molar-refractivity contribution in [3.8, 4) is 0 Å². The fraction of sp³-hybridized carbons (Fsp3) is 0.500. The number of halogens is 3. The molecule has 2 aromatic rings. The molecular weight excluding hydrogens is 385 g/mol. The quantitative estimate of drug-likeness (QED) is 0.682. The van der Waals surface area contributed by atoms with E-state index in [1.165, 1.54) is 6.07 Å². The van der Waals surface area contributed by atoms with Crippen molar-refractivity contribution in [1.29, 1.82) is 0 Å². The Morgan fingerprint density at radius 3 is 2.66 bits per heavy atom. The number of methoxy groups -OCH3 is 1. The van der Waals surface area contributed by atoms with Crippen molar-refractivity contribution in [2.75, 3.05) is 31.8 Å². The molecule has 0 unspecified atom stereocenters. The Balaban J connectivity index is 2.08. The molecule has 0 spiro atoms. The lowest BCUT2D eigenvalue weighted by atomic mass is 10.1. The number of fused-ring (bicyclic) bond motifs is 1. The first kappa shape index (κ1) is 21.3. The van der Waals surface area contributed by atoms with Gasteiger partial charge in [-0.2, -0.15) is 13.2 Å². The van der Waals surface area contributed by atoms with Crippen LogP contribution in [0.4, 0.5) is 24.8 Å². The fourth-order valence-electron chi connectivity index (χ4n) is 3.56. The van der Waals surface area contributed by atoms with Gasteiger partial charge in [0.25, 0.3) is 5.56 Å². The summed E-state index contributed by atoms with van der Waals surface area (Å²) in [5, 5.41) is 0. The average molecular weight is 410 g/mol. The van der Waals surface area contributed by atoms with Crippen LogP contribution in [-0.4, -0.2) is 41.4 Å². The number of anilines is 2. The molecule has 29 heavy (non-hydrogen) atoms. The van der Waals surface area contributed by atoms with Crippen molar-refractivity contribution in [1.82, 2.24) is 14.5 Å². The van der Waals surface area contributed by atoms with E-state index in [1.807, 2.05) is 11.8 Å². The first-order valence-corrected chi connectivity index (χ1v) is 9.52. The summed E-state index contributed by atoms with van der Waals surface area (Å²) in [6, 6.07) is 5.11. The zero-order chi connectivity index (χ0) is 21.2. The van der Waals surface area contributed by atoms with Gasteiger partial charge in [0.1, 0.15) is 0 Å². The van der Waals surface area contributed by atoms with Crippen molar-refractivity contribution < 1.29 is 17.9 Å². The van der Waals surface area contributed by atoms with E-state index in [4.69, 9.17) is 4.74 Å². The summed E-state index contributed by atoms with van der Waals surface area (Å²) in [6.45, 7) is 5.53. The highest BCUT2D eigenvalue weighted by molar-refractivity contribution is 5.59. The van der Waals surface area contributed by atoms with Crippen molar-refractivity contribution in [2.24, 2.45) is 0 Å². The minimum absolute atomic E-state index is 0.150. The van der Waals surface area contributed by atoms with Crippen molar-refractivity contribution in [3.63, 3.8) is 0 Å². The lowest BCUT2D eigenvalue weighted by Crippen LogP contribution is -2.48. The molecule has 0 bridgehead atoms. The number of hydrogen-bond acceptors (Lipinski definition) is 5. The molecule has 6 nitrogen and oxygen atoms in total. The number of aromatic nitrogens is 2. The summed E-state index contributed by atoms with van der Waals surface area (Å²) >= 11 is 0. The van der Waals surface area contributed by atoms with E-state index >= 15 is 0 Å².